The molecule has 1 fully saturated rings. The highest BCUT2D eigenvalue weighted by Crippen LogP contribution is 2.39. The number of aliphatic hydroxyl groups excluding tert-OH is 1. The average Bonchev–Trinajstić information content (AvgIpc) is 3.63. The highest BCUT2D eigenvalue weighted by molar-refractivity contribution is 7.22. The number of hydrogen-bond acceptors (Lipinski definition) is 7. The van der Waals surface area contributed by atoms with E-state index in [2.05, 4.69) is 9.97 Å². The molecule has 1 aliphatic carbocycles. The Labute approximate surface area is 236 Å². The lowest BCUT2D eigenvalue weighted by atomic mass is 10.0. The molecule has 1 atom stereocenters. The van der Waals surface area contributed by atoms with Crippen molar-refractivity contribution in [3.63, 3.8) is 0 Å². The van der Waals surface area contributed by atoms with Gasteiger partial charge in [-0.15, -0.1) is 11.3 Å². The Bertz CT molecular complexity index is 1520. The van der Waals surface area contributed by atoms with Crippen LogP contribution in [0, 0.1) is 11.7 Å². The van der Waals surface area contributed by atoms with Crippen LogP contribution in [0.1, 0.15) is 50.7 Å². The number of halogens is 1. The van der Waals surface area contributed by atoms with Gasteiger partial charge in [0.15, 0.2) is 11.6 Å². The van der Waals surface area contributed by atoms with Crippen molar-refractivity contribution < 1.29 is 23.8 Å². The van der Waals surface area contributed by atoms with Gasteiger partial charge in [0.1, 0.15) is 17.6 Å². The highest BCUT2D eigenvalue weighted by atomic mass is 32.1. The van der Waals surface area contributed by atoms with Crippen LogP contribution in [0.15, 0.2) is 54.9 Å². The molecule has 0 radical (unpaired) electrons. The van der Waals surface area contributed by atoms with Crippen molar-refractivity contribution in [3.8, 4) is 22.1 Å². The third-order valence-electron chi connectivity index (χ3n) is 6.82. The number of aromatic nitrogens is 2. The second-order valence-electron chi connectivity index (χ2n) is 10.4. The number of ketones is 1. The largest absolute Gasteiger partial charge is 0.453 e. The Morgan fingerprint density at radius 1 is 1.12 bits per heavy atom. The van der Waals surface area contributed by atoms with E-state index < -0.39 is 11.9 Å². The molecule has 9 heteroatoms. The molecule has 40 heavy (non-hydrogen) atoms. The lowest BCUT2D eigenvalue weighted by Crippen LogP contribution is -2.37. The standard InChI is InChI=1S/C31H32FN3O4S/c1-3-12-35(31(38)19(2)36)18-22-6-8-25(34-17-22)29-16-26-30(40-29)28(10-11-33-26)39-27-9-7-21(15-24(27)32)14-23(37)13-20-4-5-20/h6-11,15-17,19-20,36H,3-5,12-14,18H2,1-2H3/t19-/m0/s1. The first-order valence-electron chi connectivity index (χ1n) is 13.6. The van der Waals surface area contributed by atoms with E-state index in [0.717, 1.165) is 40.1 Å². The summed E-state index contributed by atoms with van der Waals surface area (Å²) in [5.74, 6) is 0.420. The predicted octanol–water partition coefficient (Wildman–Crippen LogP) is 6.32. The lowest BCUT2D eigenvalue weighted by Gasteiger charge is -2.23. The van der Waals surface area contributed by atoms with Crippen LogP contribution in [0.3, 0.4) is 0 Å². The van der Waals surface area contributed by atoms with Gasteiger partial charge in [-0.05, 0) is 67.5 Å². The van der Waals surface area contributed by atoms with Gasteiger partial charge in [0.2, 0.25) is 0 Å². The first-order valence-corrected chi connectivity index (χ1v) is 14.4. The van der Waals surface area contributed by atoms with Crippen LogP contribution in [0.4, 0.5) is 4.39 Å². The van der Waals surface area contributed by atoms with Gasteiger partial charge in [-0.3, -0.25) is 19.6 Å². The summed E-state index contributed by atoms with van der Waals surface area (Å²) in [5, 5.41) is 9.71. The van der Waals surface area contributed by atoms with E-state index in [4.69, 9.17) is 4.74 Å². The third kappa shape index (κ3) is 6.71. The van der Waals surface area contributed by atoms with E-state index in [1.807, 2.05) is 25.1 Å². The third-order valence-corrected chi connectivity index (χ3v) is 7.98. The summed E-state index contributed by atoms with van der Waals surface area (Å²) in [7, 11) is 0. The number of aliphatic hydroxyl groups is 1. The van der Waals surface area contributed by atoms with Gasteiger partial charge in [-0.2, -0.15) is 0 Å². The summed E-state index contributed by atoms with van der Waals surface area (Å²) in [6, 6.07) is 12.1. The molecule has 1 N–H and O–H groups in total. The van der Waals surface area contributed by atoms with Crippen molar-refractivity contribution in [1.29, 1.82) is 0 Å². The number of amides is 1. The Balaban J connectivity index is 1.30. The molecule has 3 aromatic heterocycles. The molecule has 208 valence electrons. The van der Waals surface area contributed by atoms with E-state index >= 15 is 0 Å². The zero-order chi connectivity index (χ0) is 28.2. The van der Waals surface area contributed by atoms with Crippen molar-refractivity contribution >= 4 is 33.2 Å². The van der Waals surface area contributed by atoms with Crippen molar-refractivity contribution in [1.82, 2.24) is 14.9 Å². The van der Waals surface area contributed by atoms with Gasteiger partial charge in [-0.1, -0.05) is 19.1 Å². The molecule has 0 bridgehead atoms. The van der Waals surface area contributed by atoms with Crippen molar-refractivity contribution in [2.24, 2.45) is 5.92 Å². The van der Waals surface area contributed by atoms with E-state index in [0.29, 0.717) is 42.3 Å². The van der Waals surface area contributed by atoms with E-state index in [1.165, 1.54) is 24.3 Å². The Morgan fingerprint density at radius 2 is 1.93 bits per heavy atom. The van der Waals surface area contributed by atoms with Crippen molar-refractivity contribution in [2.45, 2.75) is 58.6 Å². The fourth-order valence-corrected chi connectivity index (χ4v) is 5.65. The number of benzene rings is 1. The molecule has 1 saturated carbocycles. The minimum atomic E-state index is -1.05. The zero-order valence-corrected chi connectivity index (χ0v) is 23.4. The predicted molar refractivity (Wildman–Crippen MR) is 153 cm³/mol. The molecular weight excluding hydrogens is 529 g/mol. The molecule has 1 aromatic carbocycles. The monoisotopic (exact) mass is 561 g/mol. The molecule has 3 heterocycles. The molecule has 4 aromatic rings. The normalized spacial score (nSPS) is 13.8. The maximum Gasteiger partial charge on any atom is 0.251 e. The minimum absolute atomic E-state index is 0.0895. The quantitative estimate of drug-likeness (QED) is 0.218. The van der Waals surface area contributed by atoms with Crippen LogP contribution in [0.2, 0.25) is 0 Å². The number of hydrogen-bond donors (Lipinski definition) is 1. The second kappa shape index (κ2) is 12.2. The van der Waals surface area contributed by atoms with Crippen LogP contribution in [-0.4, -0.2) is 44.3 Å². The number of fused-ring (bicyclic) bond motifs is 1. The Kier molecular flexibility index (Phi) is 8.52. The van der Waals surface area contributed by atoms with Gasteiger partial charge in [-0.25, -0.2) is 4.39 Å². The van der Waals surface area contributed by atoms with Crippen LogP contribution in [0.25, 0.3) is 20.8 Å². The molecule has 1 amide bonds. The topological polar surface area (TPSA) is 92.6 Å². The molecular formula is C31H32FN3O4S. The Morgan fingerprint density at radius 3 is 2.60 bits per heavy atom. The van der Waals surface area contributed by atoms with E-state index in [9.17, 15) is 19.1 Å². The van der Waals surface area contributed by atoms with Crippen molar-refractivity contribution in [2.75, 3.05) is 6.54 Å². The van der Waals surface area contributed by atoms with Gasteiger partial charge >= 0.3 is 0 Å². The number of nitrogens with zero attached hydrogens (tertiary/aromatic N) is 3. The summed E-state index contributed by atoms with van der Waals surface area (Å²) >= 11 is 1.45. The van der Waals surface area contributed by atoms with Crippen LogP contribution in [-0.2, 0) is 22.6 Å². The maximum atomic E-state index is 14.9. The molecule has 7 nitrogen and oxygen atoms in total. The second-order valence-corrected chi connectivity index (χ2v) is 11.4. The zero-order valence-electron chi connectivity index (χ0n) is 22.6. The van der Waals surface area contributed by atoms with Crippen LogP contribution >= 0.6 is 11.3 Å². The number of carbonyl (C=O) groups excluding carboxylic acids is 2. The fourth-order valence-electron chi connectivity index (χ4n) is 4.61. The Hall–Kier alpha value is -3.69. The van der Waals surface area contributed by atoms with Crippen LogP contribution < -0.4 is 4.74 Å². The molecule has 1 aliphatic rings. The summed E-state index contributed by atoms with van der Waals surface area (Å²) in [6.45, 7) is 4.38. The summed E-state index contributed by atoms with van der Waals surface area (Å²) in [5.41, 5.74) is 2.97. The highest BCUT2D eigenvalue weighted by Gasteiger charge is 2.24. The van der Waals surface area contributed by atoms with Gasteiger partial charge in [0, 0.05) is 44.4 Å². The smallest absolute Gasteiger partial charge is 0.251 e. The first-order chi connectivity index (χ1) is 19.3. The SMILES string of the molecule is CCCN(Cc1ccc(-c2cc3nccc(Oc4ccc(CC(=O)CC5CC5)cc4F)c3s2)nc1)C(=O)[C@H](C)O. The van der Waals surface area contributed by atoms with Gasteiger partial charge in [0.25, 0.3) is 5.91 Å². The van der Waals surface area contributed by atoms with E-state index in [1.54, 1.807) is 35.5 Å². The molecule has 0 saturated heterocycles. The number of Topliss-reactive ketones (excluding diaryl/α,β-unsaturated/α-hetero) is 1. The number of ether oxygens (including phenoxy) is 1. The molecule has 0 unspecified atom stereocenters. The number of thiophene rings is 1. The maximum absolute atomic E-state index is 14.9. The summed E-state index contributed by atoms with van der Waals surface area (Å²) < 4.78 is 21.6. The summed E-state index contributed by atoms with van der Waals surface area (Å²) in [6.07, 6.45) is 6.14. The molecule has 0 spiro atoms. The lowest BCUT2D eigenvalue weighted by molar-refractivity contribution is -0.140. The molecule has 0 aliphatic heterocycles. The molecule has 5 rings (SSSR count). The van der Waals surface area contributed by atoms with Gasteiger partial charge < -0.3 is 14.7 Å². The average molecular weight is 562 g/mol. The number of carbonyl (C=O) groups is 2. The minimum Gasteiger partial charge on any atom is -0.453 e. The first kappa shape index (κ1) is 27.9. The van der Waals surface area contributed by atoms with Gasteiger partial charge in [0.05, 0.1) is 20.8 Å². The number of rotatable bonds is 12. The van der Waals surface area contributed by atoms with Crippen LogP contribution in [0.5, 0.6) is 11.5 Å². The fraction of sp³-hybridized carbons (Fsp3) is 0.355. The van der Waals surface area contributed by atoms with E-state index in [-0.39, 0.29) is 23.9 Å². The summed E-state index contributed by atoms with van der Waals surface area (Å²) in [4.78, 5) is 36.0. The van der Waals surface area contributed by atoms with Crippen molar-refractivity contribution in [3.05, 3.63) is 71.8 Å². The number of pyridine rings is 2.